The molecule has 0 aliphatic heterocycles. The minimum atomic E-state index is -4.54. The van der Waals surface area contributed by atoms with Crippen molar-refractivity contribution in [3.05, 3.63) is 34.6 Å². The molecule has 0 atom stereocenters. The van der Waals surface area contributed by atoms with Gasteiger partial charge in [-0.25, -0.2) is 4.98 Å². The molecule has 0 saturated carbocycles. The molecule has 3 rings (SSSR count). The van der Waals surface area contributed by atoms with E-state index in [4.69, 9.17) is 4.52 Å². The lowest BCUT2D eigenvalue weighted by molar-refractivity contribution is -0.137. The highest BCUT2D eigenvalue weighted by molar-refractivity contribution is 9.10. The number of nitrogens with one attached hydrogen (secondary N) is 1. The number of hydrogen-bond acceptors (Lipinski definition) is 5. The summed E-state index contributed by atoms with van der Waals surface area (Å²) in [6.07, 6.45) is -3.31. The first-order valence-corrected chi connectivity index (χ1v) is 6.31. The molecule has 0 amide bonds. The molecular weight excluding hydrogens is 355 g/mol. The summed E-state index contributed by atoms with van der Waals surface area (Å²) in [5.74, 6) is -0.0181. The normalized spacial score (nSPS) is 11.8. The molecule has 2 aromatic heterocycles. The Balaban J connectivity index is 2.09. The highest BCUT2D eigenvalue weighted by Crippen LogP contribution is 2.38. The number of benzene rings is 1. The van der Waals surface area contributed by atoms with Gasteiger partial charge >= 0.3 is 6.18 Å². The van der Waals surface area contributed by atoms with E-state index in [0.717, 1.165) is 6.07 Å². The van der Waals surface area contributed by atoms with Crippen LogP contribution in [0.15, 0.2) is 33.5 Å². The summed E-state index contributed by atoms with van der Waals surface area (Å²) < 4.78 is 44.4. The maximum Gasteiger partial charge on any atom is 0.417 e. The van der Waals surface area contributed by atoms with Crippen molar-refractivity contribution in [3.8, 4) is 23.1 Å². The van der Waals surface area contributed by atoms with Crippen LogP contribution in [0.25, 0.3) is 23.1 Å². The summed E-state index contributed by atoms with van der Waals surface area (Å²) in [6, 6.07) is 3.67. The Morgan fingerprint density at radius 1 is 1.24 bits per heavy atom. The second kappa shape index (κ2) is 4.95. The largest absolute Gasteiger partial charge is 0.417 e. The third-order valence-corrected chi connectivity index (χ3v) is 3.06. The molecule has 0 fully saturated rings. The number of rotatable bonds is 2. The van der Waals surface area contributed by atoms with Crippen molar-refractivity contribution < 1.29 is 17.7 Å². The lowest BCUT2D eigenvalue weighted by Gasteiger charge is -2.10. The van der Waals surface area contributed by atoms with E-state index in [1.807, 2.05) is 0 Å². The summed E-state index contributed by atoms with van der Waals surface area (Å²) in [4.78, 5) is 7.70. The third kappa shape index (κ3) is 2.66. The Hall–Kier alpha value is -2.23. The fraction of sp³-hybridized carbons (Fsp3) is 0.0909. The van der Waals surface area contributed by atoms with Crippen LogP contribution in [0.4, 0.5) is 13.2 Å². The minimum Gasteiger partial charge on any atom is -0.333 e. The van der Waals surface area contributed by atoms with Crippen LogP contribution in [0.5, 0.6) is 0 Å². The van der Waals surface area contributed by atoms with Gasteiger partial charge in [0.2, 0.25) is 5.82 Å². The summed E-state index contributed by atoms with van der Waals surface area (Å²) in [5.41, 5.74) is -1.08. The number of halogens is 4. The highest BCUT2D eigenvalue weighted by Gasteiger charge is 2.35. The van der Waals surface area contributed by atoms with Gasteiger partial charge in [-0.15, -0.1) is 0 Å². The average molecular weight is 360 g/mol. The molecule has 3 aromatic rings. The van der Waals surface area contributed by atoms with Crippen LogP contribution < -0.4 is 0 Å². The van der Waals surface area contributed by atoms with Crippen LogP contribution >= 0.6 is 15.9 Å². The zero-order valence-corrected chi connectivity index (χ0v) is 11.6. The predicted molar refractivity (Wildman–Crippen MR) is 67.8 cm³/mol. The summed E-state index contributed by atoms with van der Waals surface area (Å²) in [7, 11) is 0. The quantitative estimate of drug-likeness (QED) is 0.759. The molecule has 1 aromatic carbocycles. The van der Waals surface area contributed by atoms with Gasteiger partial charge in [-0.05, 0) is 18.2 Å². The van der Waals surface area contributed by atoms with Crippen LogP contribution in [0.1, 0.15) is 5.56 Å². The van der Waals surface area contributed by atoms with Crippen molar-refractivity contribution in [2.75, 3.05) is 0 Å². The van der Waals surface area contributed by atoms with Gasteiger partial charge in [0.25, 0.3) is 5.89 Å². The average Bonchev–Trinajstić information content (AvgIpc) is 3.08. The zero-order chi connectivity index (χ0) is 15.0. The molecule has 1 N–H and O–H groups in total. The third-order valence-electron chi connectivity index (χ3n) is 2.57. The Labute approximate surface area is 123 Å². The van der Waals surface area contributed by atoms with Gasteiger partial charge in [-0.2, -0.15) is 23.3 Å². The Kier molecular flexibility index (Phi) is 3.24. The van der Waals surface area contributed by atoms with Gasteiger partial charge in [0.1, 0.15) is 6.33 Å². The lowest BCUT2D eigenvalue weighted by atomic mass is 10.1. The molecule has 2 heterocycles. The van der Waals surface area contributed by atoms with E-state index in [1.54, 1.807) is 0 Å². The van der Waals surface area contributed by atoms with E-state index < -0.39 is 11.7 Å². The SMILES string of the molecule is FC(F)(F)c1cc(Br)ccc1-c1nc(-c2ncn[nH]2)no1. The molecular formula is C11H5BrF3N5O. The maximum atomic E-state index is 13.1. The summed E-state index contributed by atoms with van der Waals surface area (Å²) >= 11 is 3.01. The van der Waals surface area contributed by atoms with Crippen molar-refractivity contribution in [1.29, 1.82) is 0 Å². The Morgan fingerprint density at radius 3 is 2.71 bits per heavy atom. The Bertz CT molecular complexity index is 769. The topological polar surface area (TPSA) is 80.5 Å². The fourth-order valence-corrected chi connectivity index (χ4v) is 2.04. The second-order valence-corrected chi connectivity index (χ2v) is 4.86. The lowest BCUT2D eigenvalue weighted by Crippen LogP contribution is -2.07. The van der Waals surface area contributed by atoms with Crippen LogP contribution in [-0.4, -0.2) is 25.3 Å². The van der Waals surface area contributed by atoms with E-state index in [-0.39, 0.29) is 23.1 Å². The number of nitrogens with zero attached hydrogens (tertiary/aromatic N) is 4. The molecule has 0 unspecified atom stereocenters. The van der Waals surface area contributed by atoms with Crippen LogP contribution in [-0.2, 0) is 6.18 Å². The first kappa shape index (κ1) is 13.7. The van der Waals surface area contributed by atoms with Gasteiger partial charge in [0, 0.05) is 4.47 Å². The summed E-state index contributed by atoms with van der Waals surface area (Å²) in [6.45, 7) is 0. The molecule has 0 spiro atoms. The molecule has 0 radical (unpaired) electrons. The Morgan fingerprint density at radius 2 is 2.05 bits per heavy atom. The fourth-order valence-electron chi connectivity index (χ4n) is 1.68. The number of aromatic amines is 1. The smallest absolute Gasteiger partial charge is 0.333 e. The van der Waals surface area contributed by atoms with Gasteiger partial charge in [-0.1, -0.05) is 21.1 Å². The van der Waals surface area contributed by atoms with Crippen molar-refractivity contribution in [2.24, 2.45) is 0 Å². The van der Waals surface area contributed by atoms with Crippen molar-refractivity contribution in [1.82, 2.24) is 25.3 Å². The molecule has 6 nitrogen and oxygen atoms in total. The van der Waals surface area contributed by atoms with E-state index in [0.29, 0.717) is 4.47 Å². The van der Waals surface area contributed by atoms with Crippen LogP contribution in [0, 0.1) is 0 Å². The molecule has 0 bridgehead atoms. The monoisotopic (exact) mass is 359 g/mol. The van der Waals surface area contributed by atoms with Crippen LogP contribution in [0.3, 0.4) is 0 Å². The van der Waals surface area contributed by atoms with Crippen molar-refractivity contribution in [3.63, 3.8) is 0 Å². The molecule has 0 aliphatic rings. The van der Waals surface area contributed by atoms with E-state index in [2.05, 4.69) is 41.3 Å². The van der Waals surface area contributed by atoms with Gasteiger partial charge in [0.15, 0.2) is 5.82 Å². The standard InChI is InChI=1S/C11H5BrF3N5O/c12-5-1-2-6(7(3-5)11(13,14)15)10-18-9(20-21-10)8-16-4-17-19-8/h1-4H,(H,16,17,19). The van der Waals surface area contributed by atoms with Gasteiger partial charge < -0.3 is 4.52 Å². The number of aromatic nitrogens is 5. The van der Waals surface area contributed by atoms with E-state index in [1.165, 1.54) is 18.5 Å². The summed E-state index contributed by atoms with van der Waals surface area (Å²) in [5, 5.41) is 9.68. The first-order valence-electron chi connectivity index (χ1n) is 5.52. The van der Waals surface area contributed by atoms with Crippen molar-refractivity contribution >= 4 is 15.9 Å². The molecule has 108 valence electrons. The number of hydrogen-bond donors (Lipinski definition) is 1. The van der Waals surface area contributed by atoms with E-state index in [9.17, 15) is 13.2 Å². The van der Waals surface area contributed by atoms with Crippen molar-refractivity contribution in [2.45, 2.75) is 6.18 Å². The predicted octanol–water partition coefficient (Wildman–Crippen LogP) is 3.30. The highest BCUT2D eigenvalue weighted by atomic mass is 79.9. The van der Waals surface area contributed by atoms with Crippen LogP contribution in [0.2, 0.25) is 0 Å². The first-order chi connectivity index (χ1) is 9.95. The number of alkyl halides is 3. The van der Waals surface area contributed by atoms with Gasteiger partial charge in [0.05, 0.1) is 11.1 Å². The molecule has 10 heteroatoms. The molecule has 21 heavy (non-hydrogen) atoms. The molecule has 0 aliphatic carbocycles. The minimum absolute atomic E-state index is 0.0264. The second-order valence-electron chi connectivity index (χ2n) is 3.94. The van der Waals surface area contributed by atoms with E-state index >= 15 is 0 Å². The van der Waals surface area contributed by atoms with Gasteiger partial charge in [-0.3, -0.25) is 5.10 Å². The number of H-pyrrole nitrogens is 1. The zero-order valence-electron chi connectivity index (χ0n) is 10.0. The maximum absolute atomic E-state index is 13.1. The molecule has 0 saturated heterocycles.